The number of fused-ring (bicyclic) bond motifs is 1. The first-order valence-corrected chi connectivity index (χ1v) is 10.4. The summed E-state index contributed by atoms with van der Waals surface area (Å²) < 4.78 is 7.30. The number of para-hydroxylation sites is 1. The summed E-state index contributed by atoms with van der Waals surface area (Å²) in [5.41, 5.74) is 2.53. The van der Waals surface area contributed by atoms with Crippen LogP contribution in [-0.4, -0.2) is 25.5 Å². The van der Waals surface area contributed by atoms with E-state index >= 15 is 0 Å². The molecule has 0 bridgehead atoms. The van der Waals surface area contributed by atoms with Crippen LogP contribution < -0.4 is 0 Å². The van der Waals surface area contributed by atoms with Gasteiger partial charge in [-0.05, 0) is 23.8 Å². The zero-order valence-electron chi connectivity index (χ0n) is 16.1. The Labute approximate surface area is 176 Å². The topological polar surface area (TPSA) is 76.7 Å². The minimum atomic E-state index is -0.460. The Balaban J connectivity index is 1.55. The van der Waals surface area contributed by atoms with Gasteiger partial charge in [0.15, 0.2) is 22.5 Å². The average molecular weight is 414 g/mol. The second-order valence-corrected chi connectivity index (χ2v) is 7.94. The van der Waals surface area contributed by atoms with E-state index < -0.39 is 5.25 Å². The van der Waals surface area contributed by atoms with Crippen molar-refractivity contribution in [3.63, 3.8) is 0 Å². The molecule has 0 unspecified atom stereocenters. The molecule has 0 amide bonds. The van der Waals surface area contributed by atoms with Gasteiger partial charge < -0.3 is 14.0 Å². The highest BCUT2D eigenvalue weighted by atomic mass is 32.2. The summed E-state index contributed by atoms with van der Waals surface area (Å²) in [7, 11) is 1.87. The van der Waals surface area contributed by atoms with Crippen molar-refractivity contribution in [1.29, 1.82) is 0 Å². The summed E-state index contributed by atoms with van der Waals surface area (Å²) in [6.45, 7) is 0. The summed E-state index contributed by atoms with van der Waals surface area (Å²) in [6.07, 6.45) is 3.39. The Morgan fingerprint density at radius 2 is 1.83 bits per heavy atom. The van der Waals surface area contributed by atoms with Crippen LogP contribution in [0.25, 0.3) is 22.5 Å². The molecule has 3 aromatic heterocycles. The van der Waals surface area contributed by atoms with Crippen LogP contribution in [0.3, 0.4) is 0 Å². The summed E-state index contributed by atoms with van der Waals surface area (Å²) in [6, 6.07) is 21.2. The predicted molar refractivity (Wildman–Crippen MR) is 116 cm³/mol. The van der Waals surface area contributed by atoms with Gasteiger partial charge in [-0.25, -0.2) is 0 Å². The Kier molecular flexibility index (Phi) is 4.72. The smallest absolute Gasteiger partial charge is 0.200 e. The fourth-order valence-corrected chi connectivity index (χ4v) is 4.53. The SMILES string of the molecule is Cn1c(S[C@H](C(=O)c2c[nH]c3ccccc23)c2ccccc2)nnc1-c1ccco1. The summed E-state index contributed by atoms with van der Waals surface area (Å²) in [5, 5.41) is 9.67. The lowest BCUT2D eigenvalue weighted by molar-refractivity contribution is 0.0991. The van der Waals surface area contributed by atoms with Crippen molar-refractivity contribution < 1.29 is 9.21 Å². The zero-order chi connectivity index (χ0) is 20.5. The lowest BCUT2D eigenvalue weighted by atomic mass is 10.0. The number of furan rings is 1. The highest BCUT2D eigenvalue weighted by molar-refractivity contribution is 8.00. The number of aromatic amines is 1. The number of carbonyl (C=O) groups is 1. The standard InChI is InChI=1S/C23H18N4O2S/c1-27-22(19-12-7-13-29-19)25-26-23(27)30-21(15-8-3-2-4-9-15)20(28)17-14-24-18-11-6-5-10-16(17)18/h2-14,21,24H,1H3/t21-/m0/s1. The normalized spacial score (nSPS) is 12.3. The second kappa shape index (κ2) is 7.68. The van der Waals surface area contributed by atoms with Crippen LogP contribution in [0, 0.1) is 0 Å². The number of benzene rings is 2. The molecule has 0 saturated heterocycles. The van der Waals surface area contributed by atoms with Gasteiger partial charge in [0.25, 0.3) is 0 Å². The van der Waals surface area contributed by atoms with E-state index in [1.54, 1.807) is 12.5 Å². The summed E-state index contributed by atoms with van der Waals surface area (Å²) in [5.74, 6) is 1.27. The van der Waals surface area contributed by atoms with Gasteiger partial charge in [-0.1, -0.05) is 60.3 Å². The maximum Gasteiger partial charge on any atom is 0.200 e. The number of nitrogens with zero attached hydrogens (tertiary/aromatic N) is 3. The van der Waals surface area contributed by atoms with Crippen molar-refractivity contribution in [1.82, 2.24) is 19.7 Å². The first-order valence-electron chi connectivity index (χ1n) is 9.47. The van der Waals surface area contributed by atoms with Crippen LogP contribution in [0.2, 0.25) is 0 Å². The third-order valence-corrected chi connectivity index (χ3v) is 6.28. The van der Waals surface area contributed by atoms with Crippen LogP contribution in [0.1, 0.15) is 21.2 Å². The van der Waals surface area contributed by atoms with Gasteiger partial charge in [-0.2, -0.15) is 0 Å². The van der Waals surface area contributed by atoms with Crippen molar-refractivity contribution in [2.24, 2.45) is 7.05 Å². The maximum atomic E-state index is 13.7. The fourth-order valence-electron chi connectivity index (χ4n) is 3.46. The molecule has 7 heteroatoms. The number of thioether (sulfide) groups is 1. The number of Topliss-reactive ketones (excluding diaryl/α,β-unsaturated/α-hetero) is 1. The van der Waals surface area contributed by atoms with Gasteiger partial charge in [0.05, 0.1) is 6.26 Å². The second-order valence-electron chi connectivity index (χ2n) is 6.86. The first kappa shape index (κ1) is 18.4. The van der Waals surface area contributed by atoms with Gasteiger partial charge >= 0.3 is 0 Å². The molecule has 0 aliphatic rings. The van der Waals surface area contributed by atoms with Gasteiger partial charge in [-0.3, -0.25) is 4.79 Å². The lowest BCUT2D eigenvalue weighted by Crippen LogP contribution is -2.11. The van der Waals surface area contributed by atoms with E-state index in [0.29, 0.717) is 22.3 Å². The number of hydrogen-bond acceptors (Lipinski definition) is 5. The molecule has 0 saturated carbocycles. The molecule has 5 rings (SSSR count). The molecule has 0 fully saturated rings. The number of H-pyrrole nitrogens is 1. The average Bonchev–Trinajstić information content (AvgIpc) is 3.52. The first-order chi connectivity index (χ1) is 14.7. The molecule has 3 heterocycles. The van der Waals surface area contributed by atoms with E-state index in [-0.39, 0.29) is 5.78 Å². The van der Waals surface area contributed by atoms with E-state index in [0.717, 1.165) is 16.5 Å². The summed E-state index contributed by atoms with van der Waals surface area (Å²) >= 11 is 1.39. The Bertz CT molecular complexity index is 1310. The minimum absolute atomic E-state index is 0.0196. The Morgan fingerprint density at radius 1 is 1.03 bits per heavy atom. The van der Waals surface area contributed by atoms with E-state index in [2.05, 4.69) is 15.2 Å². The Hall–Kier alpha value is -3.58. The van der Waals surface area contributed by atoms with E-state index in [9.17, 15) is 4.79 Å². The van der Waals surface area contributed by atoms with Crippen molar-refractivity contribution in [2.75, 3.05) is 0 Å². The van der Waals surface area contributed by atoms with Crippen LogP contribution in [0.4, 0.5) is 0 Å². The highest BCUT2D eigenvalue weighted by Gasteiger charge is 2.28. The van der Waals surface area contributed by atoms with E-state index in [4.69, 9.17) is 4.42 Å². The third-order valence-electron chi connectivity index (χ3n) is 4.99. The molecule has 2 aromatic carbocycles. The molecular formula is C23H18N4O2S. The quantitative estimate of drug-likeness (QED) is 0.302. The van der Waals surface area contributed by atoms with Crippen molar-refractivity contribution in [3.8, 4) is 11.6 Å². The molecule has 6 nitrogen and oxygen atoms in total. The monoisotopic (exact) mass is 414 g/mol. The van der Waals surface area contributed by atoms with Gasteiger partial charge in [0.1, 0.15) is 5.25 Å². The van der Waals surface area contributed by atoms with Gasteiger partial charge in [-0.15, -0.1) is 10.2 Å². The van der Waals surface area contributed by atoms with Crippen molar-refractivity contribution in [3.05, 3.63) is 90.3 Å². The van der Waals surface area contributed by atoms with E-state index in [1.165, 1.54) is 11.8 Å². The molecule has 148 valence electrons. The molecule has 0 aliphatic carbocycles. The predicted octanol–water partition coefficient (Wildman–Crippen LogP) is 5.27. The van der Waals surface area contributed by atoms with Crippen molar-refractivity contribution >= 4 is 28.4 Å². The maximum absolute atomic E-state index is 13.7. The van der Waals surface area contributed by atoms with Gasteiger partial charge in [0.2, 0.25) is 0 Å². The van der Waals surface area contributed by atoms with E-state index in [1.807, 2.05) is 78.3 Å². The molecular weight excluding hydrogens is 396 g/mol. The van der Waals surface area contributed by atoms with Crippen molar-refractivity contribution in [2.45, 2.75) is 10.4 Å². The summed E-state index contributed by atoms with van der Waals surface area (Å²) in [4.78, 5) is 16.9. The fraction of sp³-hybridized carbons (Fsp3) is 0.0870. The number of nitrogens with one attached hydrogen (secondary N) is 1. The minimum Gasteiger partial charge on any atom is -0.461 e. The number of aromatic nitrogens is 4. The zero-order valence-corrected chi connectivity index (χ0v) is 17.0. The lowest BCUT2D eigenvalue weighted by Gasteiger charge is -2.15. The highest BCUT2D eigenvalue weighted by Crippen LogP contribution is 2.39. The molecule has 1 atom stereocenters. The number of ketones is 1. The molecule has 30 heavy (non-hydrogen) atoms. The van der Waals surface area contributed by atoms with Crippen LogP contribution in [-0.2, 0) is 7.05 Å². The Morgan fingerprint density at radius 3 is 2.63 bits per heavy atom. The molecule has 0 radical (unpaired) electrons. The van der Waals surface area contributed by atoms with Gasteiger partial charge in [0, 0.05) is 29.7 Å². The van der Waals surface area contributed by atoms with Crippen LogP contribution >= 0.6 is 11.8 Å². The van der Waals surface area contributed by atoms with Crippen LogP contribution in [0.5, 0.6) is 0 Å². The molecule has 0 aliphatic heterocycles. The number of carbonyl (C=O) groups excluding carboxylic acids is 1. The third kappa shape index (κ3) is 3.23. The number of hydrogen-bond donors (Lipinski definition) is 1. The molecule has 1 N–H and O–H groups in total. The molecule has 5 aromatic rings. The molecule has 0 spiro atoms. The number of rotatable bonds is 6. The van der Waals surface area contributed by atoms with Crippen LogP contribution in [0.15, 0.2) is 88.8 Å². The largest absolute Gasteiger partial charge is 0.461 e.